The van der Waals surface area contributed by atoms with Crippen LogP contribution in [0.3, 0.4) is 0 Å². The van der Waals surface area contributed by atoms with Gasteiger partial charge in [-0.15, -0.1) is 0 Å². The number of benzene rings is 3. The Morgan fingerprint density at radius 1 is 0.870 bits per heavy atom. The summed E-state index contributed by atoms with van der Waals surface area (Å²) < 4.78 is 45.8. The third-order valence-corrected chi connectivity index (χ3v) is 10.2. The number of hydrogen-bond donors (Lipinski definition) is 1. The molecule has 1 N–H and O–H groups in total. The molecule has 1 fully saturated rings. The largest absolute Gasteiger partial charge is 0.495 e. The smallest absolute Gasteiger partial charge is 0.265 e. The highest BCUT2D eigenvalue weighted by molar-refractivity contribution is 7.92. The van der Waals surface area contributed by atoms with Crippen LogP contribution in [0, 0.1) is 0 Å². The lowest BCUT2D eigenvalue weighted by molar-refractivity contribution is -0.139. The molecule has 248 valence electrons. The van der Waals surface area contributed by atoms with Crippen LogP contribution in [0.2, 0.25) is 10.0 Å². The summed E-state index contributed by atoms with van der Waals surface area (Å²) >= 11 is 12.6. The Hall–Kier alpha value is -3.67. The lowest BCUT2D eigenvalue weighted by Crippen LogP contribution is -2.53. The zero-order valence-corrected chi connectivity index (χ0v) is 28.6. The number of methoxy groups -OCH3 is 3. The summed E-state index contributed by atoms with van der Waals surface area (Å²) in [6.45, 7) is 0.971. The average Bonchev–Trinajstić information content (AvgIpc) is 3.05. The highest BCUT2D eigenvalue weighted by Crippen LogP contribution is 2.37. The molecular formula is C33H39Cl2N3O7S. The van der Waals surface area contributed by atoms with Crippen LogP contribution >= 0.6 is 23.2 Å². The van der Waals surface area contributed by atoms with Gasteiger partial charge in [-0.05, 0) is 67.8 Å². The van der Waals surface area contributed by atoms with Gasteiger partial charge in [0.15, 0.2) is 11.5 Å². The Bertz CT molecular complexity index is 1650. The standard InChI is InChI=1S/C33H39Cl2N3O7S/c1-22(33(40)36-26-11-6-5-7-12-26)37(20-23-9-8-10-24(34)17-23)32(39)21-38(28-18-25(35)13-15-29(28)43-2)46(41,42)27-14-16-30(44-3)31(19-27)45-4/h8-10,13-19,22,26H,5-7,11-12,20-21H2,1-4H3,(H,36,40). The summed E-state index contributed by atoms with van der Waals surface area (Å²) in [4.78, 5) is 29.1. The van der Waals surface area contributed by atoms with Crippen molar-refractivity contribution < 1.29 is 32.2 Å². The van der Waals surface area contributed by atoms with Crippen LogP contribution in [0.4, 0.5) is 5.69 Å². The number of amides is 2. The summed E-state index contributed by atoms with van der Waals surface area (Å²) in [5.74, 6) is -0.265. The SMILES string of the molecule is COc1ccc(S(=O)(=O)N(CC(=O)N(Cc2cccc(Cl)c2)C(C)C(=O)NC2CCCCC2)c2cc(Cl)ccc2OC)cc1OC. The van der Waals surface area contributed by atoms with Gasteiger partial charge in [-0.1, -0.05) is 54.6 Å². The fourth-order valence-corrected chi connectivity index (χ4v) is 7.27. The summed E-state index contributed by atoms with van der Waals surface area (Å²) in [6.07, 6.45) is 4.90. The van der Waals surface area contributed by atoms with Crippen LogP contribution in [0.25, 0.3) is 0 Å². The van der Waals surface area contributed by atoms with Gasteiger partial charge in [0.05, 0.1) is 31.9 Å². The van der Waals surface area contributed by atoms with Crippen molar-refractivity contribution in [3.8, 4) is 17.2 Å². The molecule has 10 nitrogen and oxygen atoms in total. The van der Waals surface area contributed by atoms with Crippen molar-refractivity contribution in [1.29, 1.82) is 0 Å². The number of anilines is 1. The monoisotopic (exact) mass is 691 g/mol. The van der Waals surface area contributed by atoms with E-state index in [4.69, 9.17) is 37.4 Å². The molecule has 0 bridgehead atoms. The predicted octanol–water partition coefficient (Wildman–Crippen LogP) is 6.08. The second-order valence-electron chi connectivity index (χ2n) is 11.0. The number of nitrogens with one attached hydrogen (secondary N) is 1. The van der Waals surface area contributed by atoms with E-state index in [0.717, 1.165) is 36.4 Å². The number of carbonyl (C=O) groups excluding carboxylic acids is 2. The van der Waals surface area contributed by atoms with Gasteiger partial charge in [0.25, 0.3) is 10.0 Å². The van der Waals surface area contributed by atoms with Gasteiger partial charge in [0, 0.05) is 28.7 Å². The van der Waals surface area contributed by atoms with E-state index >= 15 is 0 Å². The van der Waals surface area contributed by atoms with E-state index < -0.39 is 28.5 Å². The zero-order valence-electron chi connectivity index (χ0n) is 26.3. The van der Waals surface area contributed by atoms with Crippen molar-refractivity contribution in [3.63, 3.8) is 0 Å². The third kappa shape index (κ3) is 8.37. The van der Waals surface area contributed by atoms with E-state index in [1.54, 1.807) is 37.3 Å². The quantitative estimate of drug-likeness (QED) is 0.231. The van der Waals surface area contributed by atoms with Crippen molar-refractivity contribution >= 4 is 50.7 Å². The minimum Gasteiger partial charge on any atom is -0.495 e. The molecule has 0 heterocycles. The lowest BCUT2D eigenvalue weighted by Gasteiger charge is -2.33. The molecule has 13 heteroatoms. The minimum absolute atomic E-state index is 0.00950. The van der Waals surface area contributed by atoms with Crippen molar-refractivity contribution in [2.75, 3.05) is 32.2 Å². The first kappa shape index (κ1) is 35.2. The molecule has 0 spiro atoms. The highest BCUT2D eigenvalue weighted by Gasteiger charge is 2.35. The van der Waals surface area contributed by atoms with Gasteiger partial charge >= 0.3 is 0 Å². The van der Waals surface area contributed by atoms with Crippen LogP contribution in [0.15, 0.2) is 65.6 Å². The van der Waals surface area contributed by atoms with Gasteiger partial charge in [-0.2, -0.15) is 0 Å². The van der Waals surface area contributed by atoms with Crippen LogP contribution in [-0.4, -0.2) is 65.1 Å². The minimum atomic E-state index is -4.45. The molecular weight excluding hydrogens is 653 g/mol. The topological polar surface area (TPSA) is 114 Å². The van der Waals surface area contributed by atoms with E-state index in [1.165, 1.54) is 56.6 Å². The molecule has 3 aromatic carbocycles. The summed E-state index contributed by atoms with van der Waals surface area (Å²) in [6, 6.07) is 14.6. The molecule has 4 rings (SSSR count). The fourth-order valence-electron chi connectivity index (χ4n) is 5.46. The molecule has 1 saturated carbocycles. The maximum absolute atomic E-state index is 14.4. The molecule has 3 aromatic rings. The Labute approximate surface area is 280 Å². The van der Waals surface area contributed by atoms with E-state index in [9.17, 15) is 18.0 Å². The number of halogens is 2. The van der Waals surface area contributed by atoms with Crippen LogP contribution < -0.4 is 23.8 Å². The second kappa shape index (κ2) is 15.8. The lowest BCUT2D eigenvalue weighted by atomic mass is 9.95. The number of nitrogens with zero attached hydrogens (tertiary/aromatic N) is 2. The van der Waals surface area contributed by atoms with Crippen LogP contribution in [0.1, 0.15) is 44.6 Å². The zero-order chi connectivity index (χ0) is 33.4. The first-order valence-corrected chi connectivity index (χ1v) is 17.1. The number of rotatable bonds is 13. The van der Waals surface area contributed by atoms with Gasteiger partial charge in [0.1, 0.15) is 18.3 Å². The number of ether oxygens (including phenoxy) is 3. The molecule has 1 atom stereocenters. The maximum Gasteiger partial charge on any atom is 0.265 e. The summed E-state index contributed by atoms with van der Waals surface area (Å²) in [5, 5.41) is 3.78. The maximum atomic E-state index is 14.4. The molecule has 2 amide bonds. The molecule has 1 unspecified atom stereocenters. The van der Waals surface area contributed by atoms with Crippen LogP contribution in [-0.2, 0) is 26.2 Å². The third-order valence-electron chi connectivity index (χ3n) is 7.99. The Kier molecular flexibility index (Phi) is 12.0. The normalized spacial score (nSPS) is 14.2. The van der Waals surface area contributed by atoms with Gasteiger partial charge in [-0.25, -0.2) is 8.42 Å². The van der Waals surface area contributed by atoms with Crippen molar-refractivity contribution in [1.82, 2.24) is 10.2 Å². The Balaban J connectivity index is 1.77. The van der Waals surface area contributed by atoms with Crippen molar-refractivity contribution in [2.24, 2.45) is 0 Å². The van der Waals surface area contributed by atoms with E-state index in [0.29, 0.717) is 16.3 Å². The summed E-state index contributed by atoms with van der Waals surface area (Å²) in [5.41, 5.74) is 0.716. The highest BCUT2D eigenvalue weighted by atomic mass is 35.5. The Morgan fingerprint density at radius 2 is 1.52 bits per heavy atom. The summed E-state index contributed by atoms with van der Waals surface area (Å²) in [7, 11) is -0.230. The Morgan fingerprint density at radius 3 is 2.17 bits per heavy atom. The van der Waals surface area contributed by atoms with E-state index in [1.807, 2.05) is 0 Å². The van der Waals surface area contributed by atoms with Crippen molar-refractivity contribution in [3.05, 3.63) is 76.3 Å². The van der Waals surface area contributed by atoms with Gasteiger partial charge in [-0.3, -0.25) is 13.9 Å². The van der Waals surface area contributed by atoms with Crippen molar-refractivity contribution in [2.45, 2.75) is 62.6 Å². The number of sulfonamides is 1. The molecule has 1 aliphatic rings. The molecule has 46 heavy (non-hydrogen) atoms. The van der Waals surface area contributed by atoms with Gasteiger partial charge < -0.3 is 24.4 Å². The first-order valence-electron chi connectivity index (χ1n) is 14.9. The fraction of sp³-hybridized carbons (Fsp3) is 0.394. The van der Waals surface area contributed by atoms with Crippen LogP contribution in [0.5, 0.6) is 17.2 Å². The molecule has 0 saturated heterocycles. The average molecular weight is 693 g/mol. The van der Waals surface area contributed by atoms with Gasteiger partial charge in [0.2, 0.25) is 11.8 Å². The molecule has 0 aliphatic heterocycles. The number of hydrogen-bond acceptors (Lipinski definition) is 7. The molecule has 0 radical (unpaired) electrons. The first-order chi connectivity index (χ1) is 22.0. The molecule has 0 aromatic heterocycles. The number of carbonyl (C=O) groups is 2. The molecule has 1 aliphatic carbocycles. The predicted molar refractivity (Wildman–Crippen MR) is 179 cm³/mol. The van der Waals surface area contributed by atoms with E-state index in [2.05, 4.69) is 5.32 Å². The second-order valence-corrected chi connectivity index (χ2v) is 13.8. The van der Waals surface area contributed by atoms with E-state index in [-0.39, 0.29) is 45.6 Å².